The molecule has 2 nitrogen and oxygen atoms in total. The minimum Gasteiger partial charge on any atom is -0.478 e. The lowest BCUT2D eigenvalue weighted by Gasteiger charge is -2.19. The molecule has 22 heavy (non-hydrogen) atoms. The molecule has 2 rings (SSSR count). The SMILES string of the molecule is CC(C)CC(Sc1ccc(Br)cc1)c1ccc(C(=O)O)cc1. The zero-order valence-corrected chi connectivity index (χ0v) is 15.0. The smallest absolute Gasteiger partial charge is 0.335 e. The first-order valence-electron chi connectivity index (χ1n) is 7.21. The third-order valence-corrected chi connectivity index (χ3v) is 5.13. The molecule has 2 aromatic rings. The molecule has 1 atom stereocenters. The minimum atomic E-state index is -0.882. The van der Waals surface area contributed by atoms with E-state index in [-0.39, 0.29) is 0 Å². The molecule has 0 aliphatic rings. The number of carboxylic acids is 1. The van der Waals surface area contributed by atoms with E-state index in [0.717, 1.165) is 10.9 Å². The molecule has 0 radical (unpaired) electrons. The minimum absolute atomic E-state index is 0.323. The predicted molar refractivity (Wildman–Crippen MR) is 95.6 cm³/mol. The Morgan fingerprint density at radius 1 is 1.09 bits per heavy atom. The molecule has 0 aliphatic heterocycles. The van der Waals surface area contributed by atoms with Gasteiger partial charge in [0.2, 0.25) is 0 Å². The first-order valence-corrected chi connectivity index (χ1v) is 8.88. The van der Waals surface area contributed by atoms with Crippen molar-refractivity contribution in [3.63, 3.8) is 0 Å². The first kappa shape index (κ1) is 17.1. The van der Waals surface area contributed by atoms with E-state index in [4.69, 9.17) is 5.11 Å². The van der Waals surface area contributed by atoms with Gasteiger partial charge in [-0.25, -0.2) is 4.79 Å². The monoisotopic (exact) mass is 378 g/mol. The van der Waals surface area contributed by atoms with Crippen LogP contribution in [-0.2, 0) is 0 Å². The zero-order chi connectivity index (χ0) is 16.1. The quantitative estimate of drug-likeness (QED) is 0.623. The van der Waals surface area contributed by atoms with Gasteiger partial charge in [0.1, 0.15) is 0 Å². The molecule has 0 spiro atoms. The van der Waals surface area contributed by atoms with Crippen LogP contribution in [0.2, 0.25) is 0 Å². The van der Waals surface area contributed by atoms with E-state index in [1.807, 2.05) is 36.0 Å². The fraction of sp³-hybridized carbons (Fsp3) is 0.278. The molecular formula is C18H19BrO2S. The van der Waals surface area contributed by atoms with E-state index < -0.39 is 5.97 Å². The molecule has 0 aliphatic carbocycles. The summed E-state index contributed by atoms with van der Waals surface area (Å²) in [5.74, 6) is -0.306. The summed E-state index contributed by atoms with van der Waals surface area (Å²) in [4.78, 5) is 12.2. The van der Waals surface area contributed by atoms with Crippen molar-refractivity contribution in [3.05, 3.63) is 64.1 Å². The van der Waals surface area contributed by atoms with Crippen molar-refractivity contribution in [2.45, 2.75) is 30.4 Å². The lowest BCUT2D eigenvalue weighted by molar-refractivity contribution is 0.0697. The Bertz CT molecular complexity index is 621. The summed E-state index contributed by atoms with van der Waals surface area (Å²) in [7, 11) is 0. The number of thioether (sulfide) groups is 1. The molecule has 0 aromatic heterocycles. The summed E-state index contributed by atoms with van der Waals surface area (Å²) >= 11 is 5.28. The van der Waals surface area contributed by atoms with Crippen LogP contribution >= 0.6 is 27.7 Å². The number of aromatic carboxylic acids is 1. The van der Waals surface area contributed by atoms with E-state index in [9.17, 15) is 4.79 Å². The molecule has 0 amide bonds. The van der Waals surface area contributed by atoms with Crippen LogP contribution < -0.4 is 0 Å². The van der Waals surface area contributed by atoms with Crippen molar-refractivity contribution in [2.24, 2.45) is 5.92 Å². The third kappa shape index (κ3) is 4.89. The van der Waals surface area contributed by atoms with Gasteiger partial charge in [-0.05, 0) is 54.3 Å². The van der Waals surface area contributed by atoms with Gasteiger partial charge in [0.25, 0.3) is 0 Å². The normalized spacial score (nSPS) is 12.4. The van der Waals surface area contributed by atoms with E-state index in [1.54, 1.807) is 12.1 Å². The largest absolute Gasteiger partial charge is 0.478 e. The maximum absolute atomic E-state index is 11.0. The molecule has 0 saturated carbocycles. The Morgan fingerprint density at radius 2 is 1.68 bits per heavy atom. The number of carbonyl (C=O) groups is 1. The number of halogens is 1. The van der Waals surface area contributed by atoms with Crippen LogP contribution in [0.15, 0.2) is 57.9 Å². The fourth-order valence-electron chi connectivity index (χ4n) is 2.20. The zero-order valence-electron chi connectivity index (χ0n) is 12.6. The van der Waals surface area contributed by atoms with Gasteiger partial charge in [0.15, 0.2) is 0 Å². The molecule has 0 fully saturated rings. The summed E-state index contributed by atoms with van der Waals surface area (Å²) < 4.78 is 1.07. The molecule has 0 saturated heterocycles. The van der Waals surface area contributed by atoms with Gasteiger partial charge >= 0.3 is 5.97 Å². The standard InChI is InChI=1S/C18H19BrO2S/c1-12(2)11-17(22-16-9-7-15(19)8-10-16)13-3-5-14(6-4-13)18(20)21/h3-10,12,17H,11H2,1-2H3,(H,20,21). The lowest BCUT2D eigenvalue weighted by Crippen LogP contribution is -2.01. The van der Waals surface area contributed by atoms with Gasteiger partial charge in [0, 0.05) is 14.6 Å². The van der Waals surface area contributed by atoms with Crippen LogP contribution in [0.1, 0.15) is 41.4 Å². The average Bonchev–Trinajstić information content (AvgIpc) is 2.48. The second-order valence-corrected chi connectivity index (χ2v) is 7.81. The van der Waals surface area contributed by atoms with Crippen LogP contribution in [0.4, 0.5) is 0 Å². The van der Waals surface area contributed by atoms with Gasteiger partial charge in [-0.15, -0.1) is 11.8 Å². The fourth-order valence-corrected chi connectivity index (χ4v) is 3.86. The highest BCUT2D eigenvalue weighted by Gasteiger charge is 2.16. The van der Waals surface area contributed by atoms with Crippen LogP contribution in [0.25, 0.3) is 0 Å². The molecule has 0 bridgehead atoms. The topological polar surface area (TPSA) is 37.3 Å². The van der Waals surface area contributed by atoms with Crippen molar-refractivity contribution in [2.75, 3.05) is 0 Å². The number of hydrogen-bond donors (Lipinski definition) is 1. The highest BCUT2D eigenvalue weighted by Crippen LogP contribution is 2.40. The summed E-state index contributed by atoms with van der Waals surface area (Å²) in [6, 6.07) is 15.5. The average molecular weight is 379 g/mol. The van der Waals surface area contributed by atoms with Gasteiger partial charge in [-0.1, -0.05) is 41.9 Å². The summed E-state index contributed by atoms with van der Waals surface area (Å²) in [5, 5.41) is 9.33. The molecule has 2 aromatic carbocycles. The molecule has 1 N–H and O–H groups in total. The second kappa shape index (κ2) is 7.84. The van der Waals surface area contributed by atoms with Crippen molar-refractivity contribution in [3.8, 4) is 0 Å². The van der Waals surface area contributed by atoms with Crippen LogP contribution in [0.3, 0.4) is 0 Å². The lowest BCUT2D eigenvalue weighted by atomic mass is 10.0. The Labute approximate surface area is 144 Å². The van der Waals surface area contributed by atoms with Gasteiger partial charge < -0.3 is 5.11 Å². The molecule has 0 heterocycles. The third-order valence-electron chi connectivity index (χ3n) is 3.31. The number of carboxylic acid groups (broad SMARTS) is 1. The first-order chi connectivity index (χ1) is 10.5. The van der Waals surface area contributed by atoms with Crippen LogP contribution in [0.5, 0.6) is 0 Å². The van der Waals surface area contributed by atoms with Crippen LogP contribution in [-0.4, -0.2) is 11.1 Å². The van der Waals surface area contributed by atoms with Crippen molar-refractivity contribution < 1.29 is 9.90 Å². The van der Waals surface area contributed by atoms with Crippen molar-refractivity contribution >= 4 is 33.7 Å². The maximum Gasteiger partial charge on any atom is 0.335 e. The molecule has 4 heteroatoms. The number of rotatable bonds is 6. The molecular weight excluding hydrogens is 360 g/mol. The molecule has 116 valence electrons. The van der Waals surface area contributed by atoms with Gasteiger partial charge in [0.05, 0.1) is 5.56 Å². The van der Waals surface area contributed by atoms with Gasteiger partial charge in [-0.3, -0.25) is 0 Å². The number of hydrogen-bond acceptors (Lipinski definition) is 2. The highest BCUT2D eigenvalue weighted by atomic mass is 79.9. The Hall–Kier alpha value is -1.26. The summed E-state index contributed by atoms with van der Waals surface area (Å²) in [5.41, 5.74) is 1.51. The molecule has 1 unspecified atom stereocenters. The van der Waals surface area contributed by atoms with E-state index in [1.165, 1.54) is 10.5 Å². The van der Waals surface area contributed by atoms with Gasteiger partial charge in [-0.2, -0.15) is 0 Å². The summed E-state index contributed by atoms with van der Waals surface area (Å²) in [6.45, 7) is 4.42. The number of benzene rings is 2. The summed E-state index contributed by atoms with van der Waals surface area (Å²) in [6.07, 6.45) is 1.05. The van der Waals surface area contributed by atoms with Crippen molar-refractivity contribution in [1.29, 1.82) is 0 Å². The Kier molecular flexibility index (Phi) is 6.09. The van der Waals surface area contributed by atoms with Crippen LogP contribution in [0, 0.1) is 5.92 Å². The van der Waals surface area contributed by atoms with E-state index in [2.05, 4.69) is 41.9 Å². The van der Waals surface area contributed by atoms with E-state index >= 15 is 0 Å². The van der Waals surface area contributed by atoms with Crippen molar-refractivity contribution in [1.82, 2.24) is 0 Å². The maximum atomic E-state index is 11.0. The second-order valence-electron chi connectivity index (χ2n) is 5.62. The Morgan fingerprint density at radius 3 is 2.18 bits per heavy atom. The Balaban J connectivity index is 2.21. The highest BCUT2D eigenvalue weighted by molar-refractivity contribution is 9.10. The predicted octanol–water partition coefficient (Wildman–Crippen LogP) is 6.03. The van der Waals surface area contributed by atoms with E-state index in [0.29, 0.717) is 16.7 Å².